The molecule has 0 spiro atoms. The van der Waals surface area contributed by atoms with E-state index in [0.717, 1.165) is 0 Å². The lowest BCUT2D eigenvalue weighted by atomic mass is 10.3. The van der Waals surface area contributed by atoms with Crippen LogP contribution in [-0.4, -0.2) is 34.3 Å². The number of hydrogen-bond donors (Lipinski definition) is 7. The molecule has 0 radical (unpaired) electrons. The number of phosphoric ester groups is 1. The van der Waals surface area contributed by atoms with Crippen molar-refractivity contribution in [1.82, 2.24) is 0 Å². The second-order valence-electron chi connectivity index (χ2n) is 3.51. The first-order valence-electron chi connectivity index (χ1n) is 5.16. The molecular formula is C6H12O14P4. The van der Waals surface area contributed by atoms with Crippen molar-refractivity contribution < 1.29 is 65.7 Å². The molecule has 7 N–H and O–H groups in total. The summed E-state index contributed by atoms with van der Waals surface area (Å²) in [5, 5.41) is 0. The highest BCUT2D eigenvalue weighted by atomic mass is 31.3. The quantitative estimate of drug-likeness (QED) is 0.302. The van der Waals surface area contributed by atoms with Crippen molar-refractivity contribution in [2.75, 3.05) is 0 Å². The van der Waals surface area contributed by atoms with Crippen molar-refractivity contribution in [3.8, 4) is 5.75 Å². The lowest BCUT2D eigenvalue weighted by Crippen LogP contribution is -1.91. The van der Waals surface area contributed by atoms with Gasteiger partial charge in [-0.2, -0.15) is 8.62 Å². The van der Waals surface area contributed by atoms with Crippen molar-refractivity contribution >= 4 is 31.3 Å². The molecule has 0 heterocycles. The Morgan fingerprint density at radius 1 is 0.625 bits per heavy atom. The summed E-state index contributed by atoms with van der Waals surface area (Å²) in [6, 6.07) is 7.93. The highest BCUT2D eigenvalue weighted by molar-refractivity contribution is 7.66. The van der Waals surface area contributed by atoms with Gasteiger partial charge in [-0.15, -0.1) is 0 Å². The fourth-order valence-electron chi connectivity index (χ4n) is 0.902. The molecule has 24 heavy (non-hydrogen) atoms. The minimum absolute atomic E-state index is 0.167. The Bertz CT molecular complexity index is 669. The first-order chi connectivity index (χ1) is 10.5. The molecule has 0 bridgehead atoms. The van der Waals surface area contributed by atoms with Crippen LogP contribution in [0, 0.1) is 0 Å². The third kappa shape index (κ3) is 15.1. The van der Waals surface area contributed by atoms with E-state index in [1.165, 1.54) is 12.1 Å². The molecule has 0 aliphatic rings. The van der Waals surface area contributed by atoms with Crippen LogP contribution in [0.15, 0.2) is 30.3 Å². The molecule has 0 unspecified atom stereocenters. The molecule has 1 aromatic carbocycles. The van der Waals surface area contributed by atoms with Crippen LogP contribution in [0.5, 0.6) is 5.75 Å². The molecule has 14 nitrogen and oxygen atoms in total. The first kappa shape index (κ1) is 23.6. The maximum Gasteiger partial charge on any atom is 0.524 e. The Morgan fingerprint density at radius 2 is 1.00 bits per heavy atom. The van der Waals surface area contributed by atoms with Gasteiger partial charge in [-0.1, -0.05) is 18.2 Å². The smallest absolute Gasteiger partial charge is 0.404 e. The zero-order chi connectivity index (χ0) is 19.2. The third-order valence-corrected chi connectivity index (χ3v) is 5.19. The lowest BCUT2D eigenvalue weighted by Gasteiger charge is -2.11. The van der Waals surface area contributed by atoms with Crippen LogP contribution in [0.3, 0.4) is 0 Å². The molecule has 0 saturated heterocycles. The van der Waals surface area contributed by atoms with Crippen molar-refractivity contribution in [3.63, 3.8) is 0 Å². The van der Waals surface area contributed by atoms with Gasteiger partial charge < -0.3 is 29.0 Å². The van der Waals surface area contributed by atoms with Gasteiger partial charge in [-0.25, -0.2) is 18.3 Å². The second-order valence-corrected chi connectivity index (χ2v) is 8.88. The van der Waals surface area contributed by atoms with E-state index in [0.29, 0.717) is 0 Å². The zero-order valence-electron chi connectivity index (χ0n) is 11.2. The van der Waals surface area contributed by atoms with E-state index < -0.39 is 31.3 Å². The van der Waals surface area contributed by atoms with Gasteiger partial charge in [0.1, 0.15) is 5.75 Å². The van der Waals surface area contributed by atoms with Gasteiger partial charge in [0.25, 0.3) is 0 Å². The average Bonchev–Trinajstić information content (AvgIpc) is 2.21. The molecule has 1 rings (SSSR count). The average molecular weight is 432 g/mol. The highest BCUT2D eigenvalue weighted by Gasteiger charge is 2.38. The molecule has 0 atom stereocenters. The third-order valence-electron chi connectivity index (χ3n) is 1.39. The molecular weight excluding hydrogens is 420 g/mol. The van der Waals surface area contributed by atoms with E-state index >= 15 is 0 Å². The summed E-state index contributed by atoms with van der Waals surface area (Å²) < 4.78 is 50.9. The number of hydrogen-bond acceptors (Lipinski definition) is 7. The van der Waals surface area contributed by atoms with Crippen LogP contribution in [0.1, 0.15) is 0 Å². The Kier molecular flexibility index (Phi) is 8.64. The normalized spacial score (nSPS) is 13.0. The fraction of sp³-hybridized carbons (Fsp3) is 0. The predicted octanol–water partition coefficient (Wildman–Crippen LogP) is 0.463. The summed E-state index contributed by atoms with van der Waals surface area (Å²) >= 11 is 0. The van der Waals surface area contributed by atoms with E-state index in [1.807, 2.05) is 0 Å². The van der Waals surface area contributed by atoms with Gasteiger partial charge in [0.15, 0.2) is 0 Å². The summed E-state index contributed by atoms with van der Waals surface area (Å²) in [4.78, 5) is 56.9. The monoisotopic (exact) mass is 432 g/mol. The Labute approximate surface area is 134 Å². The van der Waals surface area contributed by atoms with E-state index in [1.54, 1.807) is 18.2 Å². The molecule has 1 aromatic rings. The largest absolute Gasteiger partial charge is 0.524 e. The predicted molar refractivity (Wildman–Crippen MR) is 75.2 cm³/mol. The number of para-hydroxylation sites is 1. The molecule has 18 heteroatoms. The van der Waals surface area contributed by atoms with Crippen LogP contribution in [0.4, 0.5) is 0 Å². The van der Waals surface area contributed by atoms with Gasteiger partial charge in [-0.05, 0) is 12.1 Å². The topological polar surface area (TPSA) is 238 Å². The molecule has 0 aromatic heterocycles. The lowest BCUT2D eigenvalue weighted by molar-refractivity contribution is 0.204. The second kappa shape index (κ2) is 8.79. The molecule has 140 valence electrons. The van der Waals surface area contributed by atoms with Gasteiger partial charge in [-0.3, -0.25) is 9.79 Å². The molecule has 0 aliphatic heterocycles. The maximum absolute atomic E-state index is 10.4. The Morgan fingerprint density at radius 3 is 1.29 bits per heavy atom. The summed E-state index contributed by atoms with van der Waals surface area (Å²) in [6.45, 7) is 0. The van der Waals surface area contributed by atoms with Crippen molar-refractivity contribution in [3.05, 3.63) is 30.3 Å². The van der Waals surface area contributed by atoms with Crippen LogP contribution in [0.2, 0.25) is 0 Å². The van der Waals surface area contributed by atoms with Crippen LogP contribution in [0.25, 0.3) is 0 Å². The van der Waals surface area contributed by atoms with Crippen LogP contribution < -0.4 is 4.52 Å². The molecule has 0 amide bonds. The van der Waals surface area contributed by atoms with E-state index in [9.17, 15) is 18.3 Å². The van der Waals surface area contributed by atoms with Crippen LogP contribution in [-0.2, 0) is 26.9 Å². The van der Waals surface area contributed by atoms with Crippen molar-refractivity contribution in [2.45, 2.75) is 0 Å². The van der Waals surface area contributed by atoms with Gasteiger partial charge in [0.2, 0.25) is 0 Å². The van der Waals surface area contributed by atoms with Gasteiger partial charge in [0.05, 0.1) is 0 Å². The van der Waals surface area contributed by atoms with Gasteiger partial charge in [0, 0.05) is 0 Å². The van der Waals surface area contributed by atoms with Crippen LogP contribution >= 0.6 is 31.3 Å². The number of rotatable bonds is 6. The van der Waals surface area contributed by atoms with E-state index in [2.05, 4.69) is 13.1 Å². The first-order valence-corrected chi connectivity index (χ1v) is 11.2. The van der Waals surface area contributed by atoms with E-state index in [-0.39, 0.29) is 5.75 Å². The Balaban J connectivity index is 0.000000446. The molecule has 0 saturated carbocycles. The number of phosphoric acid groups is 4. The fourth-order valence-corrected chi connectivity index (χ4v) is 3.84. The van der Waals surface area contributed by atoms with E-state index in [4.69, 9.17) is 34.3 Å². The molecule has 0 aliphatic carbocycles. The number of benzene rings is 1. The summed E-state index contributed by atoms with van der Waals surface area (Å²) in [6.07, 6.45) is 0. The SMILES string of the molecule is O=P(O)(O)OP(=O)(O)OP(=O)(O)O.O=P(O)(O)Oc1ccccc1. The van der Waals surface area contributed by atoms with Gasteiger partial charge >= 0.3 is 31.3 Å². The standard InChI is InChI=1S/C6H7O4P.H5O10P3/c7-11(8,9)10-6-4-2-1-3-5-6;1-11(2,3)9-13(7,8)10-12(4,5)6/h1-5H,(H2,7,8,9);(H,7,8)(H2,1,2,3)(H2,4,5,6). The highest BCUT2D eigenvalue weighted by Crippen LogP contribution is 2.64. The van der Waals surface area contributed by atoms with Crippen molar-refractivity contribution in [2.24, 2.45) is 0 Å². The Hall–Kier alpha value is -0.420. The zero-order valence-corrected chi connectivity index (χ0v) is 14.7. The summed E-state index contributed by atoms with van der Waals surface area (Å²) in [5.74, 6) is 0.167. The summed E-state index contributed by atoms with van der Waals surface area (Å²) in [7, 11) is -20.6. The maximum atomic E-state index is 10.4. The molecule has 0 fully saturated rings. The minimum atomic E-state index is -5.46. The minimum Gasteiger partial charge on any atom is -0.404 e. The van der Waals surface area contributed by atoms with Crippen molar-refractivity contribution in [1.29, 1.82) is 0 Å². The summed E-state index contributed by atoms with van der Waals surface area (Å²) in [5.41, 5.74) is 0.